The molecule has 6 rings (SSSR count). The van der Waals surface area contributed by atoms with Gasteiger partial charge in [-0.15, -0.1) is 11.3 Å². The van der Waals surface area contributed by atoms with Crippen LogP contribution >= 0.6 is 11.3 Å². The normalized spacial score (nSPS) is 15.1. The van der Waals surface area contributed by atoms with Gasteiger partial charge < -0.3 is 9.47 Å². The van der Waals surface area contributed by atoms with Gasteiger partial charge in [-0.1, -0.05) is 48.5 Å². The Balaban J connectivity index is 1.21. The minimum Gasteiger partial charge on any atom is -0.497 e. The SMILES string of the molecule is COc1ccc([C@@H]2CC(c3ccc4ccccc4c3)=NN2C(=O)COC(=O)Cc2cn3ccsc3n2)cc1. The molecule has 0 saturated heterocycles. The molecule has 8 nitrogen and oxygen atoms in total. The van der Waals surface area contributed by atoms with Crippen molar-refractivity contribution in [2.24, 2.45) is 5.10 Å². The second-order valence-electron chi connectivity index (χ2n) is 9.00. The summed E-state index contributed by atoms with van der Waals surface area (Å²) in [5.74, 6) is -0.169. The predicted molar refractivity (Wildman–Crippen MR) is 145 cm³/mol. The number of carbonyl (C=O) groups excluding carboxylic acids is 2. The zero-order valence-electron chi connectivity index (χ0n) is 20.6. The summed E-state index contributed by atoms with van der Waals surface area (Å²) in [5.41, 5.74) is 3.27. The highest BCUT2D eigenvalue weighted by atomic mass is 32.1. The van der Waals surface area contributed by atoms with Gasteiger partial charge in [-0.2, -0.15) is 5.10 Å². The highest BCUT2D eigenvalue weighted by Gasteiger charge is 2.33. The van der Waals surface area contributed by atoms with Crippen LogP contribution in [0.5, 0.6) is 5.75 Å². The lowest BCUT2D eigenvalue weighted by Crippen LogP contribution is -2.31. The van der Waals surface area contributed by atoms with E-state index in [2.05, 4.69) is 29.2 Å². The van der Waals surface area contributed by atoms with Crippen molar-refractivity contribution < 1.29 is 19.1 Å². The molecule has 1 atom stereocenters. The summed E-state index contributed by atoms with van der Waals surface area (Å²) in [6.45, 7) is -0.401. The van der Waals surface area contributed by atoms with Gasteiger partial charge in [-0.05, 0) is 40.1 Å². The third-order valence-electron chi connectivity index (χ3n) is 6.57. The van der Waals surface area contributed by atoms with Crippen molar-refractivity contribution in [3.63, 3.8) is 0 Å². The first-order chi connectivity index (χ1) is 18.6. The Morgan fingerprint density at radius 3 is 2.66 bits per heavy atom. The van der Waals surface area contributed by atoms with Crippen LogP contribution in [0.15, 0.2) is 89.6 Å². The average molecular weight is 525 g/mol. The second kappa shape index (κ2) is 10.1. The molecule has 0 radical (unpaired) electrons. The molecule has 3 aromatic carbocycles. The van der Waals surface area contributed by atoms with Gasteiger partial charge in [-0.25, -0.2) is 9.99 Å². The molecule has 1 aliphatic heterocycles. The Bertz CT molecular complexity index is 1640. The third kappa shape index (κ3) is 4.76. The third-order valence-corrected chi connectivity index (χ3v) is 7.35. The summed E-state index contributed by atoms with van der Waals surface area (Å²) >= 11 is 1.49. The quantitative estimate of drug-likeness (QED) is 0.279. The number of esters is 1. The molecule has 0 unspecified atom stereocenters. The largest absolute Gasteiger partial charge is 0.497 e. The molecule has 3 heterocycles. The zero-order valence-corrected chi connectivity index (χ0v) is 21.4. The molecule has 190 valence electrons. The number of fused-ring (bicyclic) bond motifs is 2. The molecule has 0 saturated carbocycles. The number of hydrogen-bond acceptors (Lipinski definition) is 7. The molecule has 0 bridgehead atoms. The Kier molecular flexibility index (Phi) is 6.35. The molecular formula is C29H24N4O4S. The molecule has 0 fully saturated rings. The van der Waals surface area contributed by atoms with Gasteiger partial charge >= 0.3 is 5.97 Å². The van der Waals surface area contributed by atoms with E-state index in [0.29, 0.717) is 12.1 Å². The van der Waals surface area contributed by atoms with Crippen molar-refractivity contribution >= 4 is 44.7 Å². The van der Waals surface area contributed by atoms with Gasteiger partial charge in [0.05, 0.1) is 31.0 Å². The van der Waals surface area contributed by atoms with Crippen LogP contribution in [0, 0.1) is 0 Å². The van der Waals surface area contributed by atoms with E-state index >= 15 is 0 Å². The maximum absolute atomic E-state index is 13.3. The molecule has 9 heteroatoms. The standard InChI is InChI=1S/C29H24N4O4S/c1-36-24-10-8-20(9-11-24)26-16-25(22-7-6-19-4-2-3-5-21(19)14-22)31-33(26)27(34)18-37-28(35)15-23-17-32-12-13-38-29(32)30-23/h2-14,17,26H,15-16,18H2,1H3/t26-/m0/s1. The number of carbonyl (C=O) groups is 2. The van der Waals surface area contributed by atoms with Crippen LogP contribution < -0.4 is 4.74 Å². The molecule has 0 spiro atoms. The lowest BCUT2D eigenvalue weighted by Gasteiger charge is -2.22. The van der Waals surface area contributed by atoms with Crippen LogP contribution in [0.1, 0.15) is 29.3 Å². The molecule has 1 amide bonds. The van der Waals surface area contributed by atoms with E-state index in [1.165, 1.54) is 16.3 Å². The number of aromatic nitrogens is 2. The van der Waals surface area contributed by atoms with Crippen LogP contribution in [0.3, 0.4) is 0 Å². The molecule has 1 aliphatic rings. The smallest absolute Gasteiger partial charge is 0.312 e. The fourth-order valence-electron chi connectivity index (χ4n) is 4.64. The molecule has 38 heavy (non-hydrogen) atoms. The van der Waals surface area contributed by atoms with Crippen molar-refractivity contribution in [3.8, 4) is 5.75 Å². The Morgan fingerprint density at radius 1 is 1.05 bits per heavy atom. The average Bonchev–Trinajstić information content (AvgIpc) is 3.67. The van der Waals surface area contributed by atoms with E-state index in [-0.39, 0.29) is 18.4 Å². The van der Waals surface area contributed by atoms with Gasteiger partial charge in [0, 0.05) is 24.2 Å². The Hall–Kier alpha value is -4.50. The Labute approximate surface area is 222 Å². The van der Waals surface area contributed by atoms with Gasteiger partial charge in [0.15, 0.2) is 11.6 Å². The number of rotatable bonds is 7. The number of amides is 1. The first kappa shape index (κ1) is 23.9. The summed E-state index contributed by atoms with van der Waals surface area (Å²) < 4.78 is 12.5. The Morgan fingerprint density at radius 2 is 1.87 bits per heavy atom. The van der Waals surface area contributed by atoms with Crippen molar-refractivity contribution in [1.29, 1.82) is 0 Å². The van der Waals surface area contributed by atoms with Crippen LogP contribution in [-0.4, -0.2) is 45.7 Å². The number of benzene rings is 3. The number of imidazole rings is 1. The number of nitrogens with zero attached hydrogens (tertiary/aromatic N) is 4. The summed E-state index contributed by atoms with van der Waals surface area (Å²) in [7, 11) is 1.61. The van der Waals surface area contributed by atoms with Crippen LogP contribution in [0.2, 0.25) is 0 Å². The van der Waals surface area contributed by atoms with Gasteiger partial charge in [0.1, 0.15) is 5.75 Å². The fraction of sp³-hybridized carbons (Fsp3) is 0.172. The number of methoxy groups -OCH3 is 1. The van der Waals surface area contributed by atoms with E-state index < -0.39 is 12.6 Å². The lowest BCUT2D eigenvalue weighted by atomic mass is 9.97. The second-order valence-corrected chi connectivity index (χ2v) is 9.88. The number of hydrazone groups is 1. The molecule has 5 aromatic rings. The van der Waals surface area contributed by atoms with E-state index in [1.807, 2.05) is 58.4 Å². The predicted octanol–water partition coefficient (Wildman–Crippen LogP) is 5.02. The minimum atomic E-state index is -0.511. The fourth-order valence-corrected chi connectivity index (χ4v) is 5.36. The number of thiazole rings is 1. The van der Waals surface area contributed by atoms with Crippen molar-refractivity contribution in [2.75, 3.05) is 13.7 Å². The van der Waals surface area contributed by atoms with E-state index in [9.17, 15) is 9.59 Å². The number of ether oxygens (including phenoxy) is 2. The summed E-state index contributed by atoms with van der Waals surface area (Å²) in [6, 6.07) is 21.6. The van der Waals surface area contributed by atoms with Gasteiger partial charge in [0.25, 0.3) is 5.91 Å². The zero-order chi connectivity index (χ0) is 26.1. The minimum absolute atomic E-state index is 0.00477. The monoisotopic (exact) mass is 524 g/mol. The van der Waals surface area contributed by atoms with Crippen LogP contribution in [0.4, 0.5) is 0 Å². The van der Waals surface area contributed by atoms with Crippen molar-refractivity contribution in [2.45, 2.75) is 18.9 Å². The first-order valence-corrected chi connectivity index (χ1v) is 13.0. The molecule has 2 aromatic heterocycles. The van der Waals surface area contributed by atoms with Gasteiger partial charge in [-0.3, -0.25) is 14.0 Å². The summed E-state index contributed by atoms with van der Waals surface area (Å²) in [5, 5.41) is 10.3. The van der Waals surface area contributed by atoms with E-state index in [0.717, 1.165) is 38.3 Å². The van der Waals surface area contributed by atoms with Crippen LogP contribution in [0.25, 0.3) is 15.7 Å². The number of hydrogen-bond donors (Lipinski definition) is 0. The van der Waals surface area contributed by atoms with Crippen molar-refractivity contribution in [1.82, 2.24) is 14.4 Å². The molecule has 0 aliphatic carbocycles. The van der Waals surface area contributed by atoms with Gasteiger partial charge in [0.2, 0.25) is 0 Å². The molecule has 0 N–H and O–H groups in total. The summed E-state index contributed by atoms with van der Waals surface area (Å²) in [6.07, 6.45) is 4.20. The topological polar surface area (TPSA) is 85.5 Å². The highest BCUT2D eigenvalue weighted by Crippen LogP contribution is 2.34. The first-order valence-electron chi connectivity index (χ1n) is 12.2. The summed E-state index contributed by atoms with van der Waals surface area (Å²) in [4.78, 5) is 31.0. The van der Waals surface area contributed by atoms with E-state index in [4.69, 9.17) is 14.6 Å². The van der Waals surface area contributed by atoms with Crippen molar-refractivity contribution in [3.05, 3.63) is 101 Å². The van der Waals surface area contributed by atoms with E-state index in [1.54, 1.807) is 13.3 Å². The maximum atomic E-state index is 13.3. The maximum Gasteiger partial charge on any atom is 0.312 e. The highest BCUT2D eigenvalue weighted by molar-refractivity contribution is 7.15. The molecular weight excluding hydrogens is 500 g/mol. The van der Waals surface area contributed by atoms with Crippen LogP contribution in [-0.2, 0) is 20.7 Å². The lowest BCUT2D eigenvalue weighted by molar-refractivity contribution is -0.152.